The molecule has 0 bridgehead atoms. The lowest BCUT2D eigenvalue weighted by atomic mass is 9.95. The third-order valence-corrected chi connectivity index (χ3v) is 3.96. The highest BCUT2D eigenvalue weighted by Crippen LogP contribution is 2.37. The zero-order valence-electron chi connectivity index (χ0n) is 10.9. The van der Waals surface area contributed by atoms with E-state index < -0.39 is 0 Å². The van der Waals surface area contributed by atoms with E-state index in [1.54, 1.807) is 7.11 Å². The molecule has 1 unspecified atom stereocenters. The summed E-state index contributed by atoms with van der Waals surface area (Å²) in [5.41, 5.74) is 0. The Morgan fingerprint density at radius 1 is 1.24 bits per heavy atom. The van der Waals surface area contributed by atoms with Crippen molar-refractivity contribution in [2.45, 2.75) is 31.7 Å². The van der Waals surface area contributed by atoms with Gasteiger partial charge in [0.05, 0.1) is 7.11 Å². The minimum absolute atomic E-state index is 0.0171. The van der Waals surface area contributed by atoms with Gasteiger partial charge >= 0.3 is 5.97 Å². The van der Waals surface area contributed by atoms with E-state index in [1.807, 2.05) is 0 Å². The molecule has 4 heteroatoms. The van der Waals surface area contributed by atoms with E-state index in [2.05, 4.69) is 4.90 Å². The molecule has 0 N–H and O–H groups in total. The maximum Gasteiger partial charge on any atom is 0.323 e. The molecule has 98 valence electrons. The predicted molar refractivity (Wildman–Crippen MR) is 64.7 cm³/mol. The highest BCUT2D eigenvalue weighted by atomic mass is 16.5. The maximum absolute atomic E-state index is 11.8. The Hall–Kier alpha value is -0.610. The van der Waals surface area contributed by atoms with Crippen LogP contribution < -0.4 is 0 Å². The number of piperidine rings is 1. The van der Waals surface area contributed by atoms with E-state index in [9.17, 15) is 4.79 Å². The largest absolute Gasteiger partial charge is 0.468 e. The van der Waals surface area contributed by atoms with E-state index in [0.717, 1.165) is 32.5 Å². The normalized spacial score (nSPS) is 24.6. The zero-order chi connectivity index (χ0) is 12.3. The Bertz CT molecular complexity index is 257. The van der Waals surface area contributed by atoms with Crippen molar-refractivity contribution in [3.05, 3.63) is 0 Å². The van der Waals surface area contributed by atoms with Gasteiger partial charge in [-0.05, 0) is 50.6 Å². The van der Waals surface area contributed by atoms with Crippen molar-refractivity contribution < 1.29 is 14.3 Å². The zero-order valence-corrected chi connectivity index (χ0v) is 10.9. The number of methoxy groups -OCH3 is 2. The molecule has 1 saturated heterocycles. The number of esters is 1. The first kappa shape index (κ1) is 12.8. The quantitative estimate of drug-likeness (QED) is 0.680. The van der Waals surface area contributed by atoms with Gasteiger partial charge < -0.3 is 9.47 Å². The Labute approximate surface area is 103 Å². The molecule has 2 rings (SSSR count). The predicted octanol–water partition coefficient (Wildman–Crippen LogP) is 1.30. The summed E-state index contributed by atoms with van der Waals surface area (Å²) in [6.45, 7) is 2.86. The number of rotatable bonds is 5. The van der Waals surface area contributed by atoms with Crippen molar-refractivity contribution in [3.63, 3.8) is 0 Å². The molecule has 2 fully saturated rings. The molecular weight excluding hydrogens is 218 g/mol. The van der Waals surface area contributed by atoms with Gasteiger partial charge in [0.25, 0.3) is 0 Å². The number of nitrogens with zero attached hydrogens (tertiary/aromatic N) is 1. The van der Waals surface area contributed by atoms with Crippen LogP contribution in [0.3, 0.4) is 0 Å². The number of carbonyl (C=O) groups is 1. The molecule has 1 heterocycles. The molecule has 1 aliphatic carbocycles. The first-order chi connectivity index (χ1) is 8.26. The average Bonchev–Trinajstić information content (AvgIpc) is 3.16. The Balaban J connectivity index is 1.86. The molecular formula is C13H23NO3. The van der Waals surface area contributed by atoms with Crippen molar-refractivity contribution in [1.82, 2.24) is 4.90 Å². The summed E-state index contributed by atoms with van der Waals surface area (Å²) < 4.78 is 10.1. The van der Waals surface area contributed by atoms with Crippen LogP contribution in [0.5, 0.6) is 0 Å². The summed E-state index contributed by atoms with van der Waals surface area (Å²) in [4.78, 5) is 14.1. The fraction of sp³-hybridized carbons (Fsp3) is 0.923. The number of carbonyl (C=O) groups excluding carboxylic acids is 1. The van der Waals surface area contributed by atoms with Crippen LogP contribution in [0.1, 0.15) is 25.7 Å². The lowest BCUT2D eigenvalue weighted by Gasteiger charge is -2.36. The molecule has 17 heavy (non-hydrogen) atoms. The lowest BCUT2D eigenvalue weighted by molar-refractivity contribution is -0.148. The molecule has 2 aliphatic rings. The maximum atomic E-state index is 11.8. The van der Waals surface area contributed by atoms with Gasteiger partial charge in [0.15, 0.2) is 0 Å². The van der Waals surface area contributed by atoms with Crippen molar-refractivity contribution in [2.24, 2.45) is 11.8 Å². The van der Waals surface area contributed by atoms with Crippen LogP contribution in [0.15, 0.2) is 0 Å². The van der Waals surface area contributed by atoms with Crippen LogP contribution in [-0.4, -0.2) is 50.8 Å². The van der Waals surface area contributed by atoms with E-state index in [-0.39, 0.29) is 12.0 Å². The first-order valence-electron chi connectivity index (χ1n) is 6.57. The lowest BCUT2D eigenvalue weighted by Crippen LogP contribution is -2.47. The first-order valence-corrected chi connectivity index (χ1v) is 6.57. The molecule has 1 atom stereocenters. The van der Waals surface area contributed by atoms with E-state index in [0.29, 0.717) is 11.8 Å². The molecule has 0 aromatic carbocycles. The number of hydrogen-bond acceptors (Lipinski definition) is 4. The number of ether oxygens (including phenoxy) is 2. The van der Waals surface area contributed by atoms with Crippen molar-refractivity contribution in [2.75, 3.05) is 33.9 Å². The Morgan fingerprint density at radius 3 is 2.35 bits per heavy atom. The van der Waals surface area contributed by atoms with Gasteiger partial charge in [-0.25, -0.2) is 0 Å². The van der Waals surface area contributed by atoms with Gasteiger partial charge in [0, 0.05) is 13.7 Å². The fourth-order valence-electron chi connectivity index (χ4n) is 2.81. The van der Waals surface area contributed by atoms with Gasteiger partial charge in [0.1, 0.15) is 6.04 Å². The van der Waals surface area contributed by atoms with Crippen LogP contribution in [0.4, 0.5) is 0 Å². The molecule has 1 saturated carbocycles. The minimum Gasteiger partial charge on any atom is -0.468 e. The van der Waals surface area contributed by atoms with Crippen LogP contribution in [0.25, 0.3) is 0 Å². The summed E-state index contributed by atoms with van der Waals surface area (Å²) in [5.74, 6) is 1.16. The smallest absolute Gasteiger partial charge is 0.323 e. The monoisotopic (exact) mass is 241 g/mol. The molecule has 0 spiro atoms. The van der Waals surface area contributed by atoms with Crippen molar-refractivity contribution in [1.29, 1.82) is 0 Å². The van der Waals surface area contributed by atoms with E-state index in [1.165, 1.54) is 20.0 Å². The fourth-order valence-corrected chi connectivity index (χ4v) is 2.81. The second-order valence-corrected chi connectivity index (χ2v) is 5.24. The topological polar surface area (TPSA) is 38.8 Å². The van der Waals surface area contributed by atoms with Crippen LogP contribution in [-0.2, 0) is 14.3 Å². The molecule has 0 radical (unpaired) electrons. The molecule has 0 aromatic heterocycles. The Morgan fingerprint density at radius 2 is 1.88 bits per heavy atom. The van der Waals surface area contributed by atoms with E-state index >= 15 is 0 Å². The van der Waals surface area contributed by atoms with E-state index in [4.69, 9.17) is 9.47 Å². The summed E-state index contributed by atoms with van der Waals surface area (Å²) in [7, 11) is 3.25. The minimum atomic E-state index is -0.0438. The van der Waals surface area contributed by atoms with Crippen molar-refractivity contribution in [3.8, 4) is 0 Å². The average molecular weight is 241 g/mol. The van der Waals surface area contributed by atoms with Crippen LogP contribution in [0, 0.1) is 11.8 Å². The summed E-state index contributed by atoms with van der Waals surface area (Å²) >= 11 is 0. The summed E-state index contributed by atoms with van der Waals surface area (Å²) in [6, 6.07) is 0.0171. The van der Waals surface area contributed by atoms with Gasteiger partial charge in [-0.1, -0.05) is 0 Å². The van der Waals surface area contributed by atoms with Gasteiger partial charge in [0.2, 0.25) is 0 Å². The van der Waals surface area contributed by atoms with Crippen LogP contribution >= 0.6 is 0 Å². The summed E-state index contributed by atoms with van der Waals surface area (Å²) in [5, 5.41) is 0. The number of likely N-dealkylation sites (tertiary alicyclic amines) is 1. The highest BCUT2D eigenvalue weighted by molar-refractivity contribution is 5.76. The van der Waals surface area contributed by atoms with Gasteiger partial charge in [-0.3, -0.25) is 9.69 Å². The van der Waals surface area contributed by atoms with Crippen molar-refractivity contribution >= 4 is 5.97 Å². The van der Waals surface area contributed by atoms with Gasteiger partial charge in [-0.2, -0.15) is 0 Å². The third kappa shape index (κ3) is 3.19. The standard InChI is InChI=1S/C13H23NO3/c1-16-9-10-5-7-14(8-6-10)12(11-3-4-11)13(15)17-2/h10-12H,3-9H2,1-2H3. The van der Waals surface area contributed by atoms with Crippen LogP contribution in [0.2, 0.25) is 0 Å². The van der Waals surface area contributed by atoms with Gasteiger partial charge in [-0.15, -0.1) is 0 Å². The summed E-state index contributed by atoms with van der Waals surface area (Å²) in [6.07, 6.45) is 4.62. The molecule has 1 aliphatic heterocycles. The molecule has 0 aromatic rings. The second-order valence-electron chi connectivity index (χ2n) is 5.24. The third-order valence-electron chi connectivity index (χ3n) is 3.96. The molecule has 0 amide bonds. The Kier molecular flexibility index (Phi) is 4.40. The highest BCUT2D eigenvalue weighted by Gasteiger charge is 2.41. The second kappa shape index (κ2) is 5.83. The number of hydrogen-bond donors (Lipinski definition) is 0. The SMILES string of the molecule is COCC1CCN(C(C(=O)OC)C2CC2)CC1. The molecule has 4 nitrogen and oxygen atoms in total.